The number of benzene rings is 2. The van der Waals surface area contributed by atoms with Gasteiger partial charge in [0.05, 0.1) is 0 Å². The molecule has 2 N–H and O–H groups in total. The van der Waals surface area contributed by atoms with Crippen molar-refractivity contribution in [1.29, 1.82) is 0 Å². The number of nitrogens with zero attached hydrogens (tertiary/aromatic N) is 1. The Labute approximate surface area is 145 Å². The molecule has 0 aromatic heterocycles. The monoisotopic (exact) mass is 337 g/mol. The summed E-state index contributed by atoms with van der Waals surface area (Å²) in [5.41, 5.74) is -0.209. The van der Waals surface area contributed by atoms with Crippen LogP contribution in [0.3, 0.4) is 0 Å². The lowest BCUT2D eigenvalue weighted by Gasteiger charge is -2.39. The zero-order valence-corrected chi connectivity index (χ0v) is 13.9. The van der Waals surface area contributed by atoms with Crippen LogP contribution in [0.25, 0.3) is 0 Å². The van der Waals surface area contributed by atoms with Gasteiger partial charge in [-0.15, -0.1) is 0 Å². The second kappa shape index (κ2) is 6.86. The fraction of sp³-hybridized carbons (Fsp3) is 0.211. The van der Waals surface area contributed by atoms with Gasteiger partial charge >= 0.3 is 6.03 Å². The number of imide groups is 2. The number of amides is 4. The first-order valence-electron chi connectivity index (χ1n) is 8.11. The maximum atomic E-state index is 13.1. The van der Waals surface area contributed by atoms with Crippen molar-refractivity contribution >= 4 is 17.8 Å². The number of urea groups is 1. The molecule has 25 heavy (non-hydrogen) atoms. The normalized spacial score (nSPS) is 20.5. The van der Waals surface area contributed by atoms with Crippen molar-refractivity contribution in [2.24, 2.45) is 0 Å². The molecule has 1 unspecified atom stereocenters. The highest BCUT2D eigenvalue weighted by Crippen LogP contribution is 2.28. The molecule has 0 spiro atoms. The van der Waals surface area contributed by atoms with Crippen LogP contribution in [-0.2, 0) is 21.7 Å². The number of likely N-dealkylation sites (N-methyl/N-ethyl adjacent to an activating group) is 1. The van der Waals surface area contributed by atoms with Crippen molar-refractivity contribution in [2.75, 3.05) is 6.54 Å². The predicted molar refractivity (Wildman–Crippen MR) is 92.3 cm³/mol. The van der Waals surface area contributed by atoms with Crippen molar-refractivity contribution < 1.29 is 14.4 Å². The second-order valence-corrected chi connectivity index (χ2v) is 5.76. The molecule has 0 radical (unpaired) electrons. The van der Waals surface area contributed by atoms with Crippen LogP contribution in [0.15, 0.2) is 60.7 Å². The van der Waals surface area contributed by atoms with E-state index in [2.05, 4.69) is 10.6 Å². The van der Waals surface area contributed by atoms with Gasteiger partial charge in [0.25, 0.3) is 11.8 Å². The van der Waals surface area contributed by atoms with E-state index in [0.29, 0.717) is 12.1 Å². The zero-order valence-electron chi connectivity index (χ0n) is 13.9. The van der Waals surface area contributed by atoms with E-state index in [1.165, 1.54) is 0 Å². The standard InChI is InChI=1S/C19H19N3O3/c1-2-22-17(24)19(16(23)21-18(22)25,15-11-7-4-8-12-15)20-13-14-9-5-3-6-10-14/h3-12,20H,2,13H2,1H3,(H,21,23,25). The summed E-state index contributed by atoms with van der Waals surface area (Å²) in [6.45, 7) is 2.18. The molecule has 1 aliphatic heterocycles. The van der Waals surface area contributed by atoms with E-state index in [9.17, 15) is 14.4 Å². The number of hydrogen-bond donors (Lipinski definition) is 2. The number of carbonyl (C=O) groups excluding carboxylic acids is 3. The maximum Gasteiger partial charge on any atom is 0.330 e. The van der Waals surface area contributed by atoms with Crippen molar-refractivity contribution in [3.05, 3.63) is 71.8 Å². The summed E-state index contributed by atoms with van der Waals surface area (Å²) in [5.74, 6) is -1.22. The number of barbiturate groups is 1. The Bertz CT molecular complexity index is 792. The molecule has 4 amide bonds. The lowest BCUT2D eigenvalue weighted by atomic mass is 9.85. The van der Waals surface area contributed by atoms with E-state index in [0.717, 1.165) is 10.5 Å². The zero-order chi connectivity index (χ0) is 17.9. The Hall–Kier alpha value is -2.99. The van der Waals surface area contributed by atoms with Gasteiger partial charge < -0.3 is 0 Å². The quantitative estimate of drug-likeness (QED) is 0.815. The molecule has 2 aromatic rings. The van der Waals surface area contributed by atoms with E-state index in [-0.39, 0.29) is 6.54 Å². The highest BCUT2D eigenvalue weighted by molar-refractivity contribution is 6.22. The lowest BCUT2D eigenvalue weighted by Crippen LogP contribution is -2.70. The fourth-order valence-corrected chi connectivity index (χ4v) is 2.97. The molecule has 6 heteroatoms. The average Bonchev–Trinajstić information content (AvgIpc) is 2.64. The molecule has 0 saturated carbocycles. The molecule has 2 aromatic carbocycles. The molecule has 1 atom stereocenters. The first kappa shape index (κ1) is 16.9. The van der Waals surface area contributed by atoms with Crippen LogP contribution in [0.2, 0.25) is 0 Å². The molecule has 0 bridgehead atoms. The largest absolute Gasteiger partial charge is 0.330 e. The summed E-state index contributed by atoms with van der Waals surface area (Å²) in [6.07, 6.45) is 0. The van der Waals surface area contributed by atoms with Crippen molar-refractivity contribution in [3.8, 4) is 0 Å². The third-order valence-corrected chi connectivity index (χ3v) is 4.30. The van der Waals surface area contributed by atoms with Crippen LogP contribution in [0.4, 0.5) is 4.79 Å². The van der Waals surface area contributed by atoms with Gasteiger partial charge in [-0.3, -0.25) is 25.1 Å². The van der Waals surface area contributed by atoms with E-state index in [1.54, 1.807) is 31.2 Å². The molecule has 1 saturated heterocycles. The van der Waals surface area contributed by atoms with Crippen LogP contribution < -0.4 is 10.6 Å². The molecule has 6 nitrogen and oxygen atoms in total. The van der Waals surface area contributed by atoms with Crippen LogP contribution in [0.1, 0.15) is 18.1 Å². The number of rotatable bonds is 5. The van der Waals surface area contributed by atoms with E-state index >= 15 is 0 Å². The van der Waals surface area contributed by atoms with Gasteiger partial charge in [-0.05, 0) is 18.1 Å². The van der Waals surface area contributed by atoms with Gasteiger partial charge in [0.2, 0.25) is 5.54 Å². The predicted octanol–water partition coefficient (Wildman–Crippen LogP) is 1.77. The van der Waals surface area contributed by atoms with Gasteiger partial charge in [-0.1, -0.05) is 60.7 Å². The molecule has 3 rings (SSSR count). The first-order chi connectivity index (χ1) is 12.1. The van der Waals surface area contributed by atoms with E-state index in [1.807, 2.05) is 36.4 Å². The average molecular weight is 337 g/mol. The number of hydrogen-bond acceptors (Lipinski definition) is 4. The van der Waals surface area contributed by atoms with E-state index < -0.39 is 23.4 Å². The maximum absolute atomic E-state index is 13.1. The minimum Gasteiger partial charge on any atom is -0.288 e. The highest BCUT2D eigenvalue weighted by Gasteiger charge is 2.54. The molecular formula is C19H19N3O3. The highest BCUT2D eigenvalue weighted by atomic mass is 16.2. The van der Waals surface area contributed by atoms with Gasteiger partial charge in [-0.2, -0.15) is 0 Å². The van der Waals surface area contributed by atoms with Crippen molar-refractivity contribution in [1.82, 2.24) is 15.5 Å². The number of carbonyl (C=O) groups is 3. The summed E-state index contributed by atoms with van der Waals surface area (Å²) in [5, 5.41) is 5.40. The summed E-state index contributed by atoms with van der Waals surface area (Å²) < 4.78 is 0. The minimum absolute atomic E-state index is 0.180. The van der Waals surface area contributed by atoms with Gasteiger partial charge in [0, 0.05) is 13.1 Å². The van der Waals surface area contributed by atoms with E-state index in [4.69, 9.17) is 0 Å². The lowest BCUT2D eigenvalue weighted by molar-refractivity contribution is -0.147. The fourth-order valence-electron chi connectivity index (χ4n) is 2.97. The first-order valence-corrected chi connectivity index (χ1v) is 8.11. The van der Waals surface area contributed by atoms with Crippen LogP contribution >= 0.6 is 0 Å². The molecule has 128 valence electrons. The second-order valence-electron chi connectivity index (χ2n) is 5.76. The molecule has 0 aliphatic carbocycles. The smallest absolute Gasteiger partial charge is 0.288 e. The minimum atomic E-state index is -1.64. The van der Waals surface area contributed by atoms with Crippen LogP contribution in [0.5, 0.6) is 0 Å². The van der Waals surface area contributed by atoms with Gasteiger partial charge in [0.15, 0.2) is 0 Å². The van der Waals surface area contributed by atoms with Crippen LogP contribution in [-0.4, -0.2) is 29.3 Å². The van der Waals surface area contributed by atoms with Crippen molar-refractivity contribution in [2.45, 2.75) is 19.0 Å². The van der Waals surface area contributed by atoms with Gasteiger partial charge in [0.1, 0.15) is 0 Å². The Balaban J connectivity index is 2.04. The Morgan fingerprint density at radius 2 is 1.56 bits per heavy atom. The molecule has 1 aliphatic rings. The van der Waals surface area contributed by atoms with Crippen LogP contribution in [0, 0.1) is 0 Å². The summed E-state index contributed by atoms with van der Waals surface area (Å²) in [7, 11) is 0. The Kier molecular flexibility index (Phi) is 4.63. The summed E-state index contributed by atoms with van der Waals surface area (Å²) in [6, 6.07) is 17.5. The Morgan fingerprint density at radius 1 is 0.960 bits per heavy atom. The van der Waals surface area contributed by atoms with Gasteiger partial charge in [-0.25, -0.2) is 4.79 Å². The molecular weight excluding hydrogens is 318 g/mol. The molecule has 1 heterocycles. The molecule has 1 fully saturated rings. The Morgan fingerprint density at radius 3 is 2.16 bits per heavy atom. The summed E-state index contributed by atoms with van der Waals surface area (Å²) >= 11 is 0. The number of nitrogens with one attached hydrogen (secondary N) is 2. The summed E-state index contributed by atoms with van der Waals surface area (Å²) in [4.78, 5) is 38.9. The SMILES string of the molecule is CCN1C(=O)NC(=O)C(NCc2ccccc2)(c2ccccc2)C1=O. The topological polar surface area (TPSA) is 78.5 Å². The third-order valence-electron chi connectivity index (χ3n) is 4.30. The van der Waals surface area contributed by atoms with Crippen molar-refractivity contribution in [3.63, 3.8) is 0 Å². The third kappa shape index (κ3) is 2.92.